The van der Waals surface area contributed by atoms with Gasteiger partial charge in [-0.1, -0.05) is 6.07 Å². The zero-order valence-electron chi connectivity index (χ0n) is 12.4. The SMILES string of the molecule is Cc1ccc(NC(=O)C2C3CC4CC(C3)CC2C4)cc1F. The monoisotopic (exact) mass is 287 g/mol. The number of hydrogen-bond acceptors (Lipinski definition) is 1. The van der Waals surface area contributed by atoms with Crippen LogP contribution in [0.25, 0.3) is 0 Å². The first-order chi connectivity index (χ1) is 10.1. The molecular weight excluding hydrogens is 265 g/mol. The number of aryl methyl sites for hydroxylation is 1. The molecule has 0 aromatic heterocycles. The van der Waals surface area contributed by atoms with Crippen molar-refractivity contribution < 1.29 is 9.18 Å². The average molecular weight is 287 g/mol. The lowest BCUT2D eigenvalue weighted by molar-refractivity contribution is -0.132. The molecule has 4 aliphatic carbocycles. The summed E-state index contributed by atoms with van der Waals surface area (Å²) in [7, 11) is 0. The van der Waals surface area contributed by atoms with Gasteiger partial charge in [0.15, 0.2) is 0 Å². The molecular formula is C18H22FNO. The van der Waals surface area contributed by atoms with Crippen molar-refractivity contribution in [3.63, 3.8) is 0 Å². The van der Waals surface area contributed by atoms with Crippen LogP contribution in [0.1, 0.15) is 37.7 Å². The Balaban J connectivity index is 1.51. The highest BCUT2D eigenvalue weighted by Crippen LogP contribution is 2.56. The summed E-state index contributed by atoms with van der Waals surface area (Å²) >= 11 is 0. The summed E-state index contributed by atoms with van der Waals surface area (Å²) in [5.41, 5.74) is 1.21. The van der Waals surface area contributed by atoms with Gasteiger partial charge in [0, 0.05) is 11.6 Å². The quantitative estimate of drug-likeness (QED) is 0.870. The maximum absolute atomic E-state index is 13.6. The summed E-state index contributed by atoms with van der Waals surface area (Å²) < 4.78 is 13.6. The first kappa shape index (κ1) is 13.3. The molecule has 112 valence electrons. The van der Waals surface area contributed by atoms with E-state index in [9.17, 15) is 9.18 Å². The molecule has 2 nitrogen and oxygen atoms in total. The molecule has 4 bridgehead atoms. The van der Waals surface area contributed by atoms with Crippen molar-refractivity contribution in [2.75, 3.05) is 5.32 Å². The molecule has 0 heterocycles. The average Bonchev–Trinajstić information content (AvgIpc) is 2.41. The number of benzene rings is 1. The van der Waals surface area contributed by atoms with E-state index in [-0.39, 0.29) is 17.6 Å². The van der Waals surface area contributed by atoms with Crippen LogP contribution < -0.4 is 5.32 Å². The van der Waals surface area contributed by atoms with Crippen LogP contribution in [-0.2, 0) is 4.79 Å². The molecule has 4 saturated carbocycles. The van der Waals surface area contributed by atoms with Crippen LogP contribution in [-0.4, -0.2) is 5.91 Å². The largest absolute Gasteiger partial charge is 0.326 e. The topological polar surface area (TPSA) is 29.1 Å². The Hall–Kier alpha value is -1.38. The van der Waals surface area contributed by atoms with E-state index < -0.39 is 0 Å². The fourth-order valence-electron chi connectivity index (χ4n) is 5.25. The highest BCUT2D eigenvalue weighted by molar-refractivity contribution is 5.93. The number of halogens is 1. The Bertz CT molecular complexity index is 555. The Labute approximate surface area is 125 Å². The minimum absolute atomic E-state index is 0.118. The highest BCUT2D eigenvalue weighted by Gasteiger charge is 2.50. The molecule has 0 atom stereocenters. The third-order valence-electron chi connectivity index (χ3n) is 5.97. The van der Waals surface area contributed by atoms with Gasteiger partial charge in [0.2, 0.25) is 5.91 Å². The van der Waals surface area contributed by atoms with Crippen molar-refractivity contribution in [1.82, 2.24) is 0 Å². The van der Waals surface area contributed by atoms with E-state index in [0.29, 0.717) is 23.1 Å². The first-order valence-electron chi connectivity index (χ1n) is 8.17. The van der Waals surface area contributed by atoms with Crippen LogP contribution in [0, 0.1) is 42.3 Å². The van der Waals surface area contributed by atoms with Gasteiger partial charge in [-0.15, -0.1) is 0 Å². The van der Waals surface area contributed by atoms with Crippen molar-refractivity contribution >= 4 is 11.6 Å². The van der Waals surface area contributed by atoms with Gasteiger partial charge < -0.3 is 5.32 Å². The fourth-order valence-corrected chi connectivity index (χ4v) is 5.25. The maximum Gasteiger partial charge on any atom is 0.228 e. The van der Waals surface area contributed by atoms with Crippen molar-refractivity contribution in [3.05, 3.63) is 29.6 Å². The Kier molecular flexibility index (Phi) is 3.05. The van der Waals surface area contributed by atoms with Crippen LogP contribution in [0.5, 0.6) is 0 Å². The predicted octanol–water partition coefficient (Wildman–Crippen LogP) is 4.14. The van der Waals surface area contributed by atoms with Crippen molar-refractivity contribution in [2.24, 2.45) is 29.6 Å². The summed E-state index contributed by atoms with van der Waals surface area (Å²) in [6.45, 7) is 1.73. The van der Waals surface area contributed by atoms with E-state index in [1.165, 1.54) is 38.2 Å². The fraction of sp³-hybridized carbons (Fsp3) is 0.611. The second kappa shape index (κ2) is 4.82. The number of amides is 1. The van der Waals surface area contributed by atoms with Gasteiger partial charge in [0.1, 0.15) is 5.82 Å². The molecule has 4 aliphatic rings. The van der Waals surface area contributed by atoms with E-state index in [1.807, 2.05) is 0 Å². The smallest absolute Gasteiger partial charge is 0.228 e. The predicted molar refractivity (Wildman–Crippen MR) is 80.3 cm³/mol. The van der Waals surface area contributed by atoms with Crippen molar-refractivity contribution in [3.8, 4) is 0 Å². The number of hydrogen-bond donors (Lipinski definition) is 1. The number of anilines is 1. The van der Waals surface area contributed by atoms with Gasteiger partial charge in [0.05, 0.1) is 0 Å². The minimum Gasteiger partial charge on any atom is -0.326 e. The molecule has 21 heavy (non-hydrogen) atoms. The van der Waals surface area contributed by atoms with Crippen LogP contribution in [0.15, 0.2) is 18.2 Å². The molecule has 1 aromatic carbocycles. The van der Waals surface area contributed by atoms with E-state index >= 15 is 0 Å². The maximum atomic E-state index is 13.6. The molecule has 5 rings (SSSR count). The normalized spacial score (nSPS) is 36.8. The van der Waals surface area contributed by atoms with Gasteiger partial charge in [0.25, 0.3) is 0 Å². The van der Waals surface area contributed by atoms with Crippen molar-refractivity contribution in [1.29, 1.82) is 0 Å². The molecule has 0 spiro atoms. The van der Waals surface area contributed by atoms with Crippen LogP contribution in [0.4, 0.5) is 10.1 Å². The minimum atomic E-state index is -0.252. The molecule has 1 aromatic rings. The summed E-state index contributed by atoms with van der Waals surface area (Å²) in [6, 6.07) is 4.96. The second-order valence-electron chi connectivity index (χ2n) is 7.41. The third kappa shape index (κ3) is 2.27. The lowest BCUT2D eigenvalue weighted by Gasteiger charge is -2.53. The zero-order chi connectivity index (χ0) is 14.6. The van der Waals surface area contributed by atoms with E-state index in [1.54, 1.807) is 19.1 Å². The summed E-state index contributed by atoms with van der Waals surface area (Å²) in [5.74, 6) is 2.89. The Morgan fingerprint density at radius 2 is 1.71 bits per heavy atom. The Morgan fingerprint density at radius 3 is 2.29 bits per heavy atom. The summed E-state index contributed by atoms with van der Waals surface area (Å²) in [5, 5.41) is 2.96. The van der Waals surface area contributed by atoms with Gasteiger partial charge in [-0.25, -0.2) is 4.39 Å². The molecule has 3 heteroatoms. The Morgan fingerprint density at radius 1 is 1.10 bits per heavy atom. The van der Waals surface area contributed by atoms with Crippen molar-refractivity contribution in [2.45, 2.75) is 39.0 Å². The summed E-state index contributed by atoms with van der Waals surface area (Å²) in [6.07, 6.45) is 6.31. The van der Waals surface area contributed by atoms with Gasteiger partial charge >= 0.3 is 0 Å². The number of nitrogens with one attached hydrogen (secondary N) is 1. The molecule has 1 N–H and O–H groups in total. The summed E-state index contributed by atoms with van der Waals surface area (Å²) in [4.78, 5) is 12.7. The molecule has 1 amide bonds. The van der Waals surface area contributed by atoms with E-state index in [4.69, 9.17) is 0 Å². The number of carbonyl (C=O) groups excluding carboxylic acids is 1. The standard InChI is InChI=1S/C18H22FNO/c1-10-2-3-15(9-16(10)19)20-18(21)17-13-5-11-4-12(7-13)8-14(17)6-11/h2-3,9,11-14,17H,4-8H2,1H3,(H,20,21). The van der Waals surface area contributed by atoms with Gasteiger partial charge in [-0.05, 0) is 80.4 Å². The van der Waals surface area contributed by atoms with Gasteiger partial charge in [-0.2, -0.15) is 0 Å². The van der Waals surface area contributed by atoms with Crippen LogP contribution in [0.3, 0.4) is 0 Å². The molecule has 0 aliphatic heterocycles. The molecule has 0 saturated heterocycles. The zero-order valence-corrected chi connectivity index (χ0v) is 12.4. The number of carbonyl (C=O) groups is 1. The van der Waals surface area contributed by atoms with Crippen LogP contribution >= 0.6 is 0 Å². The lowest BCUT2D eigenvalue weighted by Crippen LogP contribution is -2.49. The molecule has 0 radical (unpaired) electrons. The van der Waals surface area contributed by atoms with E-state index in [2.05, 4.69) is 5.32 Å². The van der Waals surface area contributed by atoms with Crippen LogP contribution in [0.2, 0.25) is 0 Å². The molecule has 0 unspecified atom stereocenters. The highest BCUT2D eigenvalue weighted by atomic mass is 19.1. The molecule has 4 fully saturated rings. The number of rotatable bonds is 2. The van der Waals surface area contributed by atoms with E-state index in [0.717, 1.165) is 11.8 Å². The first-order valence-corrected chi connectivity index (χ1v) is 8.17. The third-order valence-corrected chi connectivity index (χ3v) is 5.97. The lowest BCUT2D eigenvalue weighted by atomic mass is 9.51. The second-order valence-corrected chi connectivity index (χ2v) is 7.41. The van der Waals surface area contributed by atoms with Gasteiger partial charge in [-0.3, -0.25) is 4.79 Å².